The molecule has 0 N–H and O–H groups in total. The van der Waals surface area contributed by atoms with Crippen molar-refractivity contribution in [3.05, 3.63) is 131 Å². The summed E-state index contributed by atoms with van der Waals surface area (Å²) in [6.07, 6.45) is -2.62. The summed E-state index contributed by atoms with van der Waals surface area (Å²) in [6, 6.07) is 18.8. The summed E-state index contributed by atoms with van der Waals surface area (Å²) in [6.45, 7) is 0.564. The van der Waals surface area contributed by atoms with E-state index in [4.69, 9.17) is 0 Å². The van der Waals surface area contributed by atoms with E-state index in [1.165, 1.54) is 24.3 Å². The third kappa shape index (κ3) is 6.79. The molecule has 45 heavy (non-hydrogen) atoms. The van der Waals surface area contributed by atoms with Gasteiger partial charge in [-0.1, -0.05) is 61.9 Å². The molecule has 0 radical (unpaired) electrons. The monoisotopic (exact) mass is 628 g/mol. The molecule has 0 atom stereocenters. The fourth-order valence-corrected chi connectivity index (χ4v) is 4.92. The molecule has 0 spiro atoms. The second kappa shape index (κ2) is 13.0. The first-order valence-corrected chi connectivity index (χ1v) is 13.7. The molecule has 0 saturated carbocycles. The maximum atomic E-state index is 15.0. The first kappa shape index (κ1) is 31.6. The van der Waals surface area contributed by atoms with Crippen molar-refractivity contribution in [2.45, 2.75) is 25.9 Å². The van der Waals surface area contributed by atoms with Crippen LogP contribution in [0.3, 0.4) is 0 Å². The van der Waals surface area contributed by atoms with E-state index in [1.54, 1.807) is 24.3 Å². The molecule has 5 rings (SSSR count). The Balaban J connectivity index is 1.33. The minimum atomic E-state index is -4.37. The smallest absolute Gasteiger partial charge is 0.432 e. The van der Waals surface area contributed by atoms with Gasteiger partial charge in [-0.15, -0.1) is 0 Å². The Hall–Kier alpha value is -4.86. The van der Waals surface area contributed by atoms with E-state index >= 15 is 8.78 Å². The maximum Gasteiger partial charge on any atom is 0.432 e. The number of hydrogen-bond donors (Lipinski definition) is 0. The Morgan fingerprint density at radius 1 is 0.578 bits per heavy atom. The van der Waals surface area contributed by atoms with Gasteiger partial charge in [0, 0.05) is 5.56 Å². The Bertz CT molecular complexity index is 1770. The summed E-state index contributed by atoms with van der Waals surface area (Å²) in [5.41, 5.74) is 0.351. The molecular weight excluding hydrogens is 604 g/mol. The van der Waals surface area contributed by atoms with E-state index in [9.17, 15) is 26.3 Å². The summed E-state index contributed by atoms with van der Waals surface area (Å²) in [5.74, 6) is -7.60. The van der Waals surface area contributed by atoms with Crippen molar-refractivity contribution in [2.75, 3.05) is 6.86 Å². The molecule has 0 aliphatic rings. The Labute approximate surface area is 253 Å². The number of halogens is 8. The first-order chi connectivity index (χ1) is 21.5. The molecule has 0 amide bonds. The quantitative estimate of drug-likeness (QED) is 0.143. The Morgan fingerprint density at radius 3 is 1.64 bits per heavy atom. The largest absolute Gasteiger partial charge is 0.457 e. The summed E-state index contributed by atoms with van der Waals surface area (Å²) in [7, 11) is 0. The molecule has 0 bridgehead atoms. The van der Waals surface area contributed by atoms with Gasteiger partial charge in [0.1, 0.15) is 28.8 Å². The summed E-state index contributed by atoms with van der Waals surface area (Å²) in [5, 5.41) is 0. The summed E-state index contributed by atoms with van der Waals surface area (Å²) < 4.78 is 124. The van der Waals surface area contributed by atoms with Gasteiger partial charge < -0.3 is 9.47 Å². The Morgan fingerprint density at radius 2 is 1.09 bits per heavy atom. The van der Waals surface area contributed by atoms with Crippen LogP contribution >= 0.6 is 0 Å². The second-order valence-corrected chi connectivity index (χ2v) is 10.1. The maximum absolute atomic E-state index is 15.0. The van der Waals surface area contributed by atoms with Crippen molar-refractivity contribution >= 4 is 0 Å². The highest BCUT2D eigenvalue weighted by Gasteiger charge is 2.41. The fraction of sp³-hybridized carbons (Fsp3) is 0.143. The molecule has 0 saturated heterocycles. The van der Waals surface area contributed by atoms with E-state index in [2.05, 4.69) is 9.47 Å². The van der Waals surface area contributed by atoms with Crippen molar-refractivity contribution in [1.82, 2.24) is 0 Å². The highest BCUT2D eigenvalue weighted by Crippen LogP contribution is 2.38. The molecule has 232 valence electrons. The predicted molar refractivity (Wildman–Crippen MR) is 154 cm³/mol. The van der Waals surface area contributed by atoms with Crippen LogP contribution in [0.1, 0.15) is 24.5 Å². The molecule has 0 aliphatic heterocycles. The lowest BCUT2D eigenvalue weighted by atomic mass is 9.99. The molecule has 0 fully saturated rings. The van der Waals surface area contributed by atoms with Crippen molar-refractivity contribution in [3.63, 3.8) is 0 Å². The van der Waals surface area contributed by atoms with Gasteiger partial charge >= 0.3 is 6.11 Å². The molecule has 10 heteroatoms. The lowest BCUT2D eigenvalue weighted by Crippen LogP contribution is -2.25. The molecule has 5 aromatic rings. The van der Waals surface area contributed by atoms with Gasteiger partial charge in [-0.3, -0.25) is 0 Å². The van der Waals surface area contributed by atoms with Crippen LogP contribution in [0.25, 0.3) is 33.4 Å². The number of benzene rings is 5. The van der Waals surface area contributed by atoms with Crippen LogP contribution in [0.15, 0.2) is 91.0 Å². The fourth-order valence-electron chi connectivity index (χ4n) is 4.92. The van der Waals surface area contributed by atoms with Gasteiger partial charge in [0.25, 0.3) is 0 Å². The molecule has 0 aliphatic carbocycles. The minimum absolute atomic E-state index is 0.0910. The minimum Gasteiger partial charge on any atom is -0.457 e. The third-order valence-corrected chi connectivity index (χ3v) is 7.07. The molecule has 2 nitrogen and oxygen atoms in total. The van der Waals surface area contributed by atoms with E-state index in [0.717, 1.165) is 60.9 Å². The number of hydrogen-bond acceptors (Lipinski definition) is 2. The van der Waals surface area contributed by atoms with E-state index in [-0.39, 0.29) is 22.3 Å². The molecular formula is C35H24F8O2. The van der Waals surface area contributed by atoms with Gasteiger partial charge in [-0.25, -0.2) is 26.3 Å². The van der Waals surface area contributed by atoms with Crippen LogP contribution in [-0.2, 0) is 12.5 Å². The van der Waals surface area contributed by atoms with Crippen LogP contribution in [0.2, 0.25) is 0 Å². The van der Waals surface area contributed by atoms with Crippen LogP contribution in [0.5, 0.6) is 11.5 Å². The van der Waals surface area contributed by atoms with Gasteiger partial charge in [0.05, 0.1) is 0 Å². The lowest BCUT2D eigenvalue weighted by molar-refractivity contribution is -0.189. The lowest BCUT2D eigenvalue weighted by Gasteiger charge is -2.20. The van der Waals surface area contributed by atoms with Crippen molar-refractivity contribution in [1.29, 1.82) is 0 Å². The normalized spacial score (nSPS) is 11.5. The van der Waals surface area contributed by atoms with Crippen molar-refractivity contribution < 1.29 is 44.6 Å². The van der Waals surface area contributed by atoms with Crippen molar-refractivity contribution in [2.24, 2.45) is 0 Å². The average molecular weight is 629 g/mol. The molecule has 0 heterocycles. The zero-order valence-corrected chi connectivity index (χ0v) is 23.6. The second-order valence-electron chi connectivity index (χ2n) is 10.1. The van der Waals surface area contributed by atoms with E-state index < -0.39 is 59.1 Å². The third-order valence-electron chi connectivity index (χ3n) is 7.07. The van der Waals surface area contributed by atoms with Gasteiger partial charge in [-0.2, -0.15) is 8.78 Å². The van der Waals surface area contributed by atoms with Crippen LogP contribution < -0.4 is 9.47 Å². The zero-order valence-electron chi connectivity index (χ0n) is 23.6. The van der Waals surface area contributed by atoms with Crippen LogP contribution in [-0.4, -0.2) is 6.86 Å². The standard InChI is InChI=1S/C35H24F8O2/c1-2-3-20-4-6-22(7-5-20)24-15-29(38)33(30(39)16-24)35(42,43)45-26-11-8-21(9-12-26)23-10-13-27(28(37)14-23)25-17-31(40)34(44-19-36)32(41)18-25/h4-18H,2-3,19H2,1H3. The molecule has 5 aromatic carbocycles. The van der Waals surface area contributed by atoms with Gasteiger partial charge in [-0.05, 0) is 82.3 Å². The SMILES string of the molecule is CCCc1ccc(-c2cc(F)c(C(F)(F)Oc3ccc(-c4ccc(-c5cc(F)c(OCF)c(F)c5)c(F)c4)cc3)c(F)c2)cc1. The first-order valence-electron chi connectivity index (χ1n) is 13.7. The van der Waals surface area contributed by atoms with Crippen LogP contribution in [0, 0.1) is 29.1 Å². The van der Waals surface area contributed by atoms with E-state index in [1.807, 2.05) is 6.92 Å². The zero-order chi connectivity index (χ0) is 32.3. The summed E-state index contributed by atoms with van der Waals surface area (Å²) >= 11 is 0. The van der Waals surface area contributed by atoms with E-state index in [0.29, 0.717) is 11.1 Å². The van der Waals surface area contributed by atoms with Crippen LogP contribution in [0.4, 0.5) is 35.1 Å². The highest BCUT2D eigenvalue weighted by molar-refractivity contribution is 5.72. The van der Waals surface area contributed by atoms with Gasteiger partial charge in [0.2, 0.25) is 6.86 Å². The predicted octanol–water partition coefficient (Wildman–Crippen LogP) is 10.8. The number of aryl methyl sites for hydroxylation is 1. The molecule has 0 unspecified atom stereocenters. The number of ether oxygens (including phenoxy) is 2. The van der Waals surface area contributed by atoms with Gasteiger partial charge in [0.15, 0.2) is 17.4 Å². The average Bonchev–Trinajstić information content (AvgIpc) is 2.99. The topological polar surface area (TPSA) is 18.5 Å². The number of alkyl halides is 3. The highest BCUT2D eigenvalue weighted by atomic mass is 19.3. The van der Waals surface area contributed by atoms with Crippen molar-refractivity contribution in [3.8, 4) is 44.9 Å². The summed E-state index contributed by atoms with van der Waals surface area (Å²) in [4.78, 5) is 0. The Kier molecular flexibility index (Phi) is 9.13. The number of rotatable bonds is 10. The molecule has 0 aromatic heterocycles.